The minimum Gasteiger partial charge on any atom is -0.486 e. The van der Waals surface area contributed by atoms with Crippen LogP contribution >= 0.6 is 0 Å². The fraction of sp³-hybridized carbons (Fsp3) is 0.294. The van der Waals surface area contributed by atoms with Gasteiger partial charge in [0.1, 0.15) is 17.7 Å². The van der Waals surface area contributed by atoms with Crippen molar-refractivity contribution in [1.82, 2.24) is 0 Å². The highest BCUT2D eigenvalue weighted by molar-refractivity contribution is 5.32. The zero-order valence-corrected chi connectivity index (χ0v) is 11.9. The fourth-order valence-electron chi connectivity index (χ4n) is 2.11. The molecule has 3 heteroatoms. The number of ether oxygens (including phenoxy) is 1. The van der Waals surface area contributed by atoms with Crippen LogP contribution in [-0.2, 0) is 0 Å². The molecular formula is C17H20FNO. The summed E-state index contributed by atoms with van der Waals surface area (Å²) in [6.45, 7) is 4.66. The minimum atomic E-state index is -0.297. The third kappa shape index (κ3) is 3.58. The Balaban J connectivity index is 2.24. The Morgan fingerprint density at radius 1 is 1.10 bits per heavy atom. The first-order valence-electron chi connectivity index (χ1n) is 6.79. The molecule has 0 radical (unpaired) electrons. The van der Waals surface area contributed by atoms with E-state index in [9.17, 15) is 4.39 Å². The lowest BCUT2D eigenvalue weighted by atomic mass is 10.0. The van der Waals surface area contributed by atoms with Gasteiger partial charge in [0.25, 0.3) is 0 Å². The molecular weight excluding hydrogens is 253 g/mol. The van der Waals surface area contributed by atoms with E-state index in [-0.39, 0.29) is 11.9 Å². The van der Waals surface area contributed by atoms with E-state index in [0.717, 1.165) is 5.56 Å². The van der Waals surface area contributed by atoms with Gasteiger partial charge in [0.05, 0.1) is 0 Å². The van der Waals surface area contributed by atoms with Crippen LogP contribution in [0.15, 0.2) is 42.5 Å². The summed E-state index contributed by atoms with van der Waals surface area (Å²) >= 11 is 0. The van der Waals surface area contributed by atoms with Crippen LogP contribution in [0.3, 0.4) is 0 Å². The van der Waals surface area contributed by atoms with Gasteiger partial charge in [-0.1, -0.05) is 24.3 Å². The topological polar surface area (TPSA) is 35.2 Å². The van der Waals surface area contributed by atoms with Crippen LogP contribution in [0.25, 0.3) is 0 Å². The normalized spacial score (nSPS) is 12.2. The number of aryl methyl sites for hydroxylation is 2. The highest BCUT2D eigenvalue weighted by Gasteiger charge is 2.13. The van der Waals surface area contributed by atoms with Crippen LogP contribution in [0.5, 0.6) is 5.75 Å². The average molecular weight is 273 g/mol. The number of hydrogen-bond acceptors (Lipinski definition) is 2. The van der Waals surface area contributed by atoms with E-state index in [1.807, 2.05) is 6.07 Å². The van der Waals surface area contributed by atoms with Crippen molar-refractivity contribution in [3.63, 3.8) is 0 Å². The molecule has 20 heavy (non-hydrogen) atoms. The molecule has 2 aromatic carbocycles. The maximum absolute atomic E-state index is 13.2. The summed E-state index contributed by atoms with van der Waals surface area (Å²) in [5.41, 5.74) is 9.19. The molecule has 0 aliphatic carbocycles. The summed E-state index contributed by atoms with van der Waals surface area (Å²) in [4.78, 5) is 0. The van der Waals surface area contributed by atoms with Gasteiger partial charge in [-0.25, -0.2) is 4.39 Å². The summed E-state index contributed by atoms with van der Waals surface area (Å²) in [5.74, 6) is 0.232. The van der Waals surface area contributed by atoms with Crippen molar-refractivity contribution >= 4 is 0 Å². The number of halogens is 1. The highest BCUT2D eigenvalue weighted by Crippen LogP contribution is 2.26. The quantitative estimate of drug-likeness (QED) is 0.896. The summed E-state index contributed by atoms with van der Waals surface area (Å²) in [7, 11) is 0. The molecule has 0 saturated carbocycles. The molecule has 0 aromatic heterocycles. The van der Waals surface area contributed by atoms with E-state index < -0.39 is 0 Å². The van der Waals surface area contributed by atoms with Crippen LogP contribution in [0, 0.1) is 19.7 Å². The second-order valence-corrected chi connectivity index (χ2v) is 4.98. The van der Waals surface area contributed by atoms with E-state index in [4.69, 9.17) is 10.5 Å². The molecule has 0 bridgehead atoms. The first kappa shape index (κ1) is 14.5. The fourth-order valence-corrected chi connectivity index (χ4v) is 2.11. The molecule has 0 heterocycles. The van der Waals surface area contributed by atoms with E-state index in [0.29, 0.717) is 18.7 Å². The maximum Gasteiger partial charge on any atom is 0.126 e. The largest absolute Gasteiger partial charge is 0.486 e. The Morgan fingerprint density at radius 3 is 2.55 bits per heavy atom. The number of benzene rings is 2. The Morgan fingerprint density at radius 2 is 1.90 bits per heavy atom. The predicted octanol–water partition coefficient (Wildman–Crippen LogP) is 3.91. The van der Waals surface area contributed by atoms with Gasteiger partial charge in [-0.3, -0.25) is 0 Å². The minimum absolute atomic E-state index is 0.152. The first-order valence-corrected chi connectivity index (χ1v) is 6.79. The van der Waals surface area contributed by atoms with Gasteiger partial charge in [0, 0.05) is 12.5 Å². The van der Waals surface area contributed by atoms with Gasteiger partial charge in [0.15, 0.2) is 0 Å². The maximum atomic E-state index is 13.2. The van der Waals surface area contributed by atoms with E-state index in [2.05, 4.69) is 26.0 Å². The van der Waals surface area contributed by atoms with Crippen LogP contribution in [0.2, 0.25) is 0 Å². The molecule has 0 spiro atoms. The highest BCUT2D eigenvalue weighted by atomic mass is 19.1. The standard InChI is InChI=1S/C17H20FNO/c1-12-6-7-14(10-13(12)2)17(8-9-19)20-16-5-3-4-15(18)11-16/h3-7,10-11,17H,8-9,19H2,1-2H3. The second-order valence-electron chi connectivity index (χ2n) is 4.98. The summed E-state index contributed by atoms with van der Waals surface area (Å²) in [6.07, 6.45) is 0.542. The van der Waals surface area contributed by atoms with Crippen LogP contribution < -0.4 is 10.5 Å². The van der Waals surface area contributed by atoms with E-state index in [1.165, 1.54) is 23.3 Å². The monoisotopic (exact) mass is 273 g/mol. The van der Waals surface area contributed by atoms with Crippen LogP contribution in [0.1, 0.15) is 29.2 Å². The van der Waals surface area contributed by atoms with Crippen molar-refractivity contribution < 1.29 is 9.13 Å². The molecule has 2 nitrogen and oxygen atoms in total. The third-order valence-corrected chi connectivity index (χ3v) is 3.41. The van der Waals surface area contributed by atoms with Crippen LogP contribution in [-0.4, -0.2) is 6.54 Å². The number of rotatable bonds is 5. The van der Waals surface area contributed by atoms with Gasteiger partial charge in [-0.15, -0.1) is 0 Å². The molecule has 2 N–H and O–H groups in total. The zero-order valence-electron chi connectivity index (χ0n) is 11.9. The predicted molar refractivity (Wildman–Crippen MR) is 79.4 cm³/mol. The van der Waals surface area contributed by atoms with E-state index >= 15 is 0 Å². The lowest BCUT2D eigenvalue weighted by molar-refractivity contribution is 0.197. The molecule has 2 rings (SSSR count). The van der Waals surface area contributed by atoms with Gasteiger partial charge in [-0.05, 0) is 49.2 Å². The molecule has 2 aromatic rings. The molecule has 0 fully saturated rings. The van der Waals surface area contributed by atoms with Crippen molar-refractivity contribution in [2.75, 3.05) is 6.54 Å². The first-order chi connectivity index (χ1) is 9.60. The number of hydrogen-bond donors (Lipinski definition) is 1. The lowest BCUT2D eigenvalue weighted by Gasteiger charge is -2.20. The Kier molecular flexibility index (Phi) is 4.74. The van der Waals surface area contributed by atoms with E-state index in [1.54, 1.807) is 12.1 Å². The van der Waals surface area contributed by atoms with Crippen molar-refractivity contribution in [1.29, 1.82) is 0 Å². The Hall–Kier alpha value is -1.87. The molecule has 106 valence electrons. The molecule has 0 aliphatic rings. The summed E-state index contributed by atoms with van der Waals surface area (Å²) < 4.78 is 19.1. The van der Waals surface area contributed by atoms with Crippen molar-refractivity contribution in [3.8, 4) is 5.75 Å². The summed E-state index contributed by atoms with van der Waals surface area (Å²) in [5, 5.41) is 0. The smallest absolute Gasteiger partial charge is 0.126 e. The number of nitrogens with two attached hydrogens (primary N) is 1. The molecule has 0 amide bonds. The Labute approximate surface area is 119 Å². The summed E-state index contributed by atoms with van der Waals surface area (Å²) in [6, 6.07) is 12.4. The van der Waals surface area contributed by atoms with Crippen LogP contribution in [0.4, 0.5) is 4.39 Å². The van der Waals surface area contributed by atoms with Crippen molar-refractivity contribution in [2.24, 2.45) is 5.73 Å². The van der Waals surface area contributed by atoms with Crippen molar-refractivity contribution in [2.45, 2.75) is 26.4 Å². The molecule has 1 unspecified atom stereocenters. The van der Waals surface area contributed by atoms with Gasteiger partial charge in [-0.2, -0.15) is 0 Å². The molecule has 0 aliphatic heterocycles. The molecule has 0 saturated heterocycles. The molecule has 1 atom stereocenters. The van der Waals surface area contributed by atoms with Gasteiger partial charge in [0.2, 0.25) is 0 Å². The third-order valence-electron chi connectivity index (χ3n) is 3.41. The second kappa shape index (κ2) is 6.53. The van der Waals surface area contributed by atoms with Crippen molar-refractivity contribution in [3.05, 3.63) is 65.0 Å². The van der Waals surface area contributed by atoms with Gasteiger partial charge < -0.3 is 10.5 Å². The van der Waals surface area contributed by atoms with Gasteiger partial charge >= 0.3 is 0 Å². The Bertz CT molecular complexity index is 583. The SMILES string of the molecule is Cc1ccc(C(CCN)Oc2cccc(F)c2)cc1C. The average Bonchev–Trinajstić information content (AvgIpc) is 2.41. The lowest BCUT2D eigenvalue weighted by Crippen LogP contribution is -2.13. The zero-order chi connectivity index (χ0) is 14.5.